The van der Waals surface area contributed by atoms with Gasteiger partial charge in [-0.2, -0.15) is 0 Å². The summed E-state index contributed by atoms with van der Waals surface area (Å²) in [6.45, 7) is 5.53. The molecule has 0 unspecified atom stereocenters. The summed E-state index contributed by atoms with van der Waals surface area (Å²) in [7, 11) is 1.69. The van der Waals surface area contributed by atoms with Crippen molar-refractivity contribution in [1.82, 2.24) is 20.1 Å². The minimum absolute atomic E-state index is 0.159. The number of ketones is 1. The molecule has 7 nitrogen and oxygen atoms in total. The van der Waals surface area contributed by atoms with Crippen LogP contribution in [0.25, 0.3) is 0 Å². The van der Waals surface area contributed by atoms with Crippen LogP contribution >= 0.6 is 0 Å². The van der Waals surface area contributed by atoms with Crippen molar-refractivity contribution in [2.75, 3.05) is 6.54 Å². The summed E-state index contributed by atoms with van der Waals surface area (Å²) in [6, 6.07) is 0. The number of carbonyl (C=O) groups excluding carboxylic acids is 2. The van der Waals surface area contributed by atoms with Crippen molar-refractivity contribution >= 4 is 11.9 Å². The molecule has 0 fully saturated rings. The van der Waals surface area contributed by atoms with Gasteiger partial charge in [0.05, 0.1) is 0 Å². The van der Waals surface area contributed by atoms with Crippen LogP contribution in [0.4, 0.5) is 4.79 Å². The van der Waals surface area contributed by atoms with Crippen LogP contribution in [0.3, 0.4) is 0 Å². The van der Waals surface area contributed by atoms with Gasteiger partial charge in [-0.05, 0) is 20.8 Å². The topological polar surface area (TPSA) is 86.1 Å². The Morgan fingerprint density at radius 1 is 1.44 bits per heavy atom. The van der Waals surface area contributed by atoms with Crippen LogP contribution in [0.1, 0.15) is 37.8 Å². The van der Waals surface area contributed by atoms with Gasteiger partial charge < -0.3 is 14.6 Å². The lowest BCUT2D eigenvalue weighted by Gasteiger charge is -2.19. The molecule has 0 aliphatic rings. The Morgan fingerprint density at radius 3 is 2.61 bits per heavy atom. The molecule has 0 aliphatic carbocycles. The third-order valence-corrected chi connectivity index (χ3v) is 1.98. The lowest BCUT2D eigenvalue weighted by atomic mass is 10.2. The van der Waals surface area contributed by atoms with E-state index in [1.54, 1.807) is 27.8 Å². The number of aromatic nitrogens is 3. The van der Waals surface area contributed by atoms with Crippen molar-refractivity contribution in [3.05, 3.63) is 12.2 Å². The number of ether oxygens (including phenoxy) is 1. The van der Waals surface area contributed by atoms with E-state index in [2.05, 4.69) is 15.5 Å². The maximum Gasteiger partial charge on any atom is 0.407 e. The van der Waals surface area contributed by atoms with Crippen LogP contribution in [-0.2, 0) is 11.8 Å². The molecule has 0 atom stereocenters. The monoisotopic (exact) mass is 254 g/mol. The van der Waals surface area contributed by atoms with E-state index in [9.17, 15) is 9.59 Å². The molecule has 18 heavy (non-hydrogen) atoms. The first kappa shape index (κ1) is 14.1. The molecule has 1 aromatic rings. The number of aryl methyl sites for hydroxylation is 1. The molecule has 1 aromatic heterocycles. The second kappa shape index (κ2) is 5.61. The fraction of sp³-hybridized carbons (Fsp3) is 0.636. The van der Waals surface area contributed by atoms with E-state index in [0.717, 1.165) is 0 Å². The quantitative estimate of drug-likeness (QED) is 0.807. The Balaban J connectivity index is 2.33. The predicted octanol–water partition coefficient (Wildman–Crippen LogP) is 0.913. The van der Waals surface area contributed by atoms with Crippen LogP contribution in [0.5, 0.6) is 0 Å². The van der Waals surface area contributed by atoms with Crippen molar-refractivity contribution in [1.29, 1.82) is 0 Å². The van der Waals surface area contributed by atoms with Gasteiger partial charge in [0.2, 0.25) is 5.78 Å². The molecule has 1 heterocycles. The Bertz CT molecular complexity index is 434. The van der Waals surface area contributed by atoms with Crippen molar-refractivity contribution in [3.8, 4) is 0 Å². The number of Topliss-reactive ketones (excluding diaryl/α,β-unsaturated/α-hetero) is 1. The second-order valence-corrected chi connectivity index (χ2v) is 4.87. The van der Waals surface area contributed by atoms with E-state index in [4.69, 9.17) is 4.74 Å². The van der Waals surface area contributed by atoms with Crippen LogP contribution < -0.4 is 5.32 Å². The molecule has 0 aliphatic heterocycles. The van der Waals surface area contributed by atoms with Gasteiger partial charge in [0.1, 0.15) is 11.9 Å². The zero-order valence-corrected chi connectivity index (χ0v) is 11.1. The molecule has 1 rings (SSSR count). The SMILES string of the molecule is Cn1cnnc1C(=O)CCNC(=O)OC(C)(C)C. The van der Waals surface area contributed by atoms with E-state index in [1.807, 2.05) is 0 Å². The van der Waals surface area contributed by atoms with Gasteiger partial charge in [-0.3, -0.25) is 4.79 Å². The minimum atomic E-state index is -0.544. The molecule has 0 saturated heterocycles. The van der Waals surface area contributed by atoms with Crippen LogP contribution in [0, 0.1) is 0 Å². The number of nitrogens with zero attached hydrogens (tertiary/aromatic N) is 3. The Labute approximate surface area is 106 Å². The Morgan fingerprint density at radius 2 is 2.11 bits per heavy atom. The van der Waals surface area contributed by atoms with Crippen LogP contribution in [0.2, 0.25) is 0 Å². The van der Waals surface area contributed by atoms with Crippen molar-refractivity contribution in [2.24, 2.45) is 7.05 Å². The molecule has 0 bridgehead atoms. The third-order valence-electron chi connectivity index (χ3n) is 1.98. The molecule has 0 aromatic carbocycles. The number of amides is 1. The van der Waals surface area contributed by atoms with E-state index >= 15 is 0 Å². The normalized spacial score (nSPS) is 11.1. The van der Waals surface area contributed by atoms with E-state index in [-0.39, 0.29) is 24.6 Å². The standard InChI is InChI=1S/C11H18N4O3/c1-11(2,3)18-10(17)12-6-5-8(16)9-14-13-7-15(9)4/h7H,5-6H2,1-4H3,(H,12,17). The van der Waals surface area contributed by atoms with Gasteiger partial charge in [0.25, 0.3) is 0 Å². The molecule has 0 radical (unpaired) electrons. The summed E-state index contributed by atoms with van der Waals surface area (Å²) < 4.78 is 6.58. The van der Waals surface area contributed by atoms with E-state index < -0.39 is 11.7 Å². The van der Waals surface area contributed by atoms with E-state index in [0.29, 0.717) is 0 Å². The molecule has 1 amide bonds. The third kappa shape index (κ3) is 4.52. The summed E-state index contributed by atoms with van der Waals surface area (Å²) in [5.74, 6) is 0.104. The molecule has 0 spiro atoms. The van der Waals surface area contributed by atoms with Gasteiger partial charge in [-0.15, -0.1) is 10.2 Å². The fourth-order valence-corrected chi connectivity index (χ4v) is 1.24. The number of alkyl carbamates (subject to hydrolysis) is 1. The first-order valence-electron chi connectivity index (χ1n) is 5.63. The highest BCUT2D eigenvalue weighted by Gasteiger charge is 2.17. The average Bonchev–Trinajstić information content (AvgIpc) is 2.61. The van der Waals surface area contributed by atoms with Crippen LogP contribution in [-0.4, -0.2) is 38.8 Å². The summed E-state index contributed by atoms with van der Waals surface area (Å²) >= 11 is 0. The molecule has 100 valence electrons. The van der Waals surface area contributed by atoms with Gasteiger partial charge in [-0.1, -0.05) is 0 Å². The van der Waals surface area contributed by atoms with Crippen molar-refractivity contribution < 1.29 is 14.3 Å². The van der Waals surface area contributed by atoms with Gasteiger partial charge >= 0.3 is 6.09 Å². The maximum absolute atomic E-state index is 11.7. The number of rotatable bonds is 4. The van der Waals surface area contributed by atoms with Gasteiger partial charge in [-0.25, -0.2) is 4.79 Å². The van der Waals surface area contributed by atoms with Gasteiger partial charge in [0.15, 0.2) is 5.82 Å². The zero-order chi connectivity index (χ0) is 13.8. The molecule has 0 saturated carbocycles. The highest BCUT2D eigenvalue weighted by atomic mass is 16.6. The Kier molecular flexibility index (Phi) is 4.41. The first-order valence-corrected chi connectivity index (χ1v) is 5.63. The van der Waals surface area contributed by atoms with Crippen LogP contribution in [0.15, 0.2) is 6.33 Å². The smallest absolute Gasteiger partial charge is 0.407 e. The molecule has 1 N–H and O–H groups in total. The average molecular weight is 254 g/mol. The number of nitrogens with one attached hydrogen (secondary N) is 1. The lowest BCUT2D eigenvalue weighted by Crippen LogP contribution is -2.33. The van der Waals surface area contributed by atoms with Crippen molar-refractivity contribution in [2.45, 2.75) is 32.8 Å². The minimum Gasteiger partial charge on any atom is -0.444 e. The second-order valence-electron chi connectivity index (χ2n) is 4.87. The molecular weight excluding hydrogens is 236 g/mol. The zero-order valence-electron chi connectivity index (χ0n) is 11.1. The molecule has 7 heteroatoms. The molecular formula is C11H18N4O3. The summed E-state index contributed by atoms with van der Waals surface area (Å²) in [5.41, 5.74) is -0.544. The summed E-state index contributed by atoms with van der Waals surface area (Å²) in [6.07, 6.45) is 1.08. The number of hydrogen-bond acceptors (Lipinski definition) is 5. The first-order chi connectivity index (χ1) is 8.29. The highest BCUT2D eigenvalue weighted by molar-refractivity contribution is 5.92. The number of hydrogen-bond donors (Lipinski definition) is 1. The van der Waals surface area contributed by atoms with E-state index in [1.165, 1.54) is 10.9 Å². The summed E-state index contributed by atoms with van der Waals surface area (Å²) in [4.78, 5) is 23.0. The fourth-order valence-electron chi connectivity index (χ4n) is 1.24. The summed E-state index contributed by atoms with van der Waals surface area (Å²) in [5, 5.41) is 9.82. The Hall–Kier alpha value is -1.92. The lowest BCUT2D eigenvalue weighted by molar-refractivity contribution is 0.0527. The predicted molar refractivity (Wildman–Crippen MR) is 64.2 cm³/mol. The largest absolute Gasteiger partial charge is 0.444 e. The van der Waals surface area contributed by atoms with Gasteiger partial charge in [0, 0.05) is 20.0 Å². The highest BCUT2D eigenvalue weighted by Crippen LogP contribution is 2.06. The number of carbonyl (C=O) groups is 2. The van der Waals surface area contributed by atoms with Crippen molar-refractivity contribution in [3.63, 3.8) is 0 Å². The maximum atomic E-state index is 11.7.